The van der Waals surface area contributed by atoms with Crippen LogP contribution < -0.4 is 5.73 Å². The molecule has 6 heteroatoms. The normalized spacial score (nSPS) is 11.6. The molecular formula is C14H17N5S. The van der Waals surface area contributed by atoms with Crippen LogP contribution in [0.3, 0.4) is 0 Å². The van der Waals surface area contributed by atoms with Gasteiger partial charge in [-0.25, -0.2) is 4.98 Å². The minimum atomic E-state index is 0.262. The van der Waals surface area contributed by atoms with Crippen molar-refractivity contribution in [2.45, 2.75) is 37.0 Å². The average molecular weight is 287 g/mol. The highest BCUT2D eigenvalue weighted by molar-refractivity contribution is 7.99. The van der Waals surface area contributed by atoms with Crippen LogP contribution >= 0.6 is 11.8 Å². The van der Waals surface area contributed by atoms with E-state index in [0.717, 1.165) is 32.6 Å². The van der Waals surface area contributed by atoms with Gasteiger partial charge in [-0.2, -0.15) is 5.10 Å². The number of nitrogen functional groups attached to an aromatic ring is 1. The lowest BCUT2D eigenvalue weighted by atomic mass is 10.3. The lowest BCUT2D eigenvalue weighted by Crippen LogP contribution is -2.04. The zero-order chi connectivity index (χ0) is 14.3. The summed E-state index contributed by atoms with van der Waals surface area (Å²) in [6.45, 7) is 6.11. The number of para-hydroxylation sites is 2. The Kier molecular flexibility index (Phi) is 3.17. The predicted octanol–water partition coefficient (Wildman–Crippen LogP) is 3.38. The van der Waals surface area contributed by atoms with Gasteiger partial charge >= 0.3 is 0 Å². The second-order valence-electron chi connectivity index (χ2n) is 5.00. The number of nitrogens with two attached hydrogens (primary N) is 1. The highest BCUT2D eigenvalue weighted by Crippen LogP contribution is 2.34. The van der Waals surface area contributed by atoms with E-state index in [1.54, 1.807) is 0 Å². The molecule has 3 rings (SSSR count). The average Bonchev–Trinajstić information content (AvgIpc) is 2.94. The Morgan fingerprint density at radius 1 is 1.30 bits per heavy atom. The number of aryl methyl sites for hydroxylation is 1. The summed E-state index contributed by atoms with van der Waals surface area (Å²) in [6.07, 6.45) is 0. The molecule has 3 aromatic rings. The molecule has 0 unspecified atom stereocenters. The Morgan fingerprint density at radius 3 is 2.75 bits per heavy atom. The minimum Gasteiger partial charge on any atom is -0.395 e. The van der Waals surface area contributed by atoms with Gasteiger partial charge in [-0.1, -0.05) is 12.1 Å². The van der Waals surface area contributed by atoms with E-state index in [9.17, 15) is 0 Å². The first-order valence-corrected chi connectivity index (χ1v) is 7.35. The summed E-state index contributed by atoms with van der Waals surface area (Å²) in [7, 11) is 0. The van der Waals surface area contributed by atoms with E-state index >= 15 is 0 Å². The first-order chi connectivity index (χ1) is 9.56. The number of nitrogens with zero attached hydrogens (tertiary/aromatic N) is 3. The first kappa shape index (κ1) is 13.1. The number of hydrogen-bond donors (Lipinski definition) is 2. The number of anilines is 1. The molecule has 5 nitrogen and oxygen atoms in total. The molecule has 3 N–H and O–H groups in total. The largest absolute Gasteiger partial charge is 0.395 e. The number of nitrogens with one attached hydrogen (secondary N) is 1. The summed E-state index contributed by atoms with van der Waals surface area (Å²) in [5.41, 5.74) is 9.71. The lowest BCUT2D eigenvalue weighted by molar-refractivity contribution is 0.491. The second-order valence-corrected chi connectivity index (χ2v) is 5.98. The third-order valence-electron chi connectivity index (χ3n) is 3.14. The molecule has 0 fully saturated rings. The summed E-state index contributed by atoms with van der Waals surface area (Å²) in [5.74, 6) is 0. The van der Waals surface area contributed by atoms with Gasteiger partial charge in [0, 0.05) is 6.04 Å². The third-order valence-corrected chi connectivity index (χ3v) is 4.12. The van der Waals surface area contributed by atoms with Crippen LogP contribution in [0.2, 0.25) is 0 Å². The van der Waals surface area contributed by atoms with E-state index in [1.165, 1.54) is 11.8 Å². The standard InChI is InChI=1S/C14H17N5S/c1-8(2)19-13(12(15)9(3)18-19)20-14-16-10-6-4-5-7-11(10)17-14/h4-8H,15H2,1-3H3,(H,16,17). The predicted molar refractivity (Wildman–Crippen MR) is 82.0 cm³/mol. The van der Waals surface area contributed by atoms with E-state index in [0.29, 0.717) is 0 Å². The van der Waals surface area contributed by atoms with Crippen LogP contribution in [0.4, 0.5) is 5.69 Å². The van der Waals surface area contributed by atoms with Crippen LogP contribution in [0.25, 0.3) is 11.0 Å². The van der Waals surface area contributed by atoms with Gasteiger partial charge in [0.1, 0.15) is 5.03 Å². The molecule has 0 saturated carbocycles. The number of aromatic nitrogens is 4. The van der Waals surface area contributed by atoms with Crippen LogP contribution in [0, 0.1) is 6.92 Å². The van der Waals surface area contributed by atoms with Crippen LogP contribution in [0.15, 0.2) is 34.4 Å². The summed E-state index contributed by atoms with van der Waals surface area (Å²) < 4.78 is 1.95. The molecule has 0 saturated heterocycles. The maximum atomic E-state index is 6.14. The second kappa shape index (κ2) is 4.86. The number of rotatable bonds is 3. The summed E-state index contributed by atoms with van der Waals surface area (Å²) in [5, 5.41) is 6.26. The van der Waals surface area contributed by atoms with E-state index < -0.39 is 0 Å². The fourth-order valence-electron chi connectivity index (χ4n) is 2.06. The summed E-state index contributed by atoms with van der Waals surface area (Å²) in [6, 6.07) is 8.24. The fraction of sp³-hybridized carbons (Fsp3) is 0.286. The third kappa shape index (κ3) is 2.16. The molecule has 20 heavy (non-hydrogen) atoms. The molecule has 0 aliphatic heterocycles. The molecule has 2 aromatic heterocycles. The Bertz CT molecular complexity index is 723. The SMILES string of the molecule is Cc1nn(C(C)C)c(Sc2nc3ccccc3[nH]2)c1N. The first-order valence-electron chi connectivity index (χ1n) is 6.53. The van der Waals surface area contributed by atoms with Crippen LogP contribution in [0.1, 0.15) is 25.6 Å². The van der Waals surface area contributed by atoms with Crippen LogP contribution in [0.5, 0.6) is 0 Å². The number of aromatic amines is 1. The van der Waals surface area contributed by atoms with Crippen LogP contribution in [-0.4, -0.2) is 19.7 Å². The maximum Gasteiger partial charge on any atom is 0.172 e. The summed E-state index contributed by atoms with van der Waals surface area (Å²) in [4.78, 5) is 7.87. The monoisotopic (exact) mass is 287 g/mol. The minimum absolute atomic E-state index is 0.262. The van der Waals surface area contributed by atoms with Gasteiger partial charge in [0.05, 0.1) is 22.4 Å². The molecule has 0 aliphatic carbocycles. The van der Waals surface area contributed by atoms with Gasteiger partial charge in [-0.15, -0.1) is 0 Å². The maximum absolute atomic E-state index is 6.14. The molecule has 0 bridgehead atoms. The Balaban J connectivity index is 2.02. The van der Waals surface area contributed by atoms with E-state index in [2.05, 4.69) is 28.9 Å². The van der Waals surface area contributed by atoms with Gasteiger partial charge in [-0.3, -0.25) is 4.68 Å². The van der Waals surface area contributed by atoms with Gasteiger partial charge in [-0.05, 0) is 44.7 Å². The molecule has 0 aliphatic rings. The van der Waals surface area contributed by atoms with Gasteiger partial charge in [0.2, 0.25) is 0 Å². The van der Waals surface area contributed by atoms with Crippen molar-refractivity contribution in [2.24, 2.45) is 0 Å². The van der Waals surface area contributed by atoms with Crippen molar-refractivity contribution in [1.29, 1.82) is 0 Å². The number of H-pyrrole nitrogens is 1. The Labute approximate surface area is 121 Å². The van der Waals surface area contributed by atoms with Gasteiger partial charge < -0.3 is 10.7 Å². The molecule has 0 radical (unpaired) electrons. The molecule has 0 amide bonds. The van der Waals surface area contributed by atoms with Crippen molar-refractivity contribution in [1.82, 2.24) is 19.7 Å². The number of hydrogen-bond acceptors (Lipinski definition) is 4. The van der Waals surface area contributed by atoms with E-state index in [-0.39, 0.29) is 6.04 Å². The molecule has 0 spiro atoms. The van der Waals surface area contributed by atoms with Crippen molar-refractivity contribution in [3.63, 3.8) is 0 Å². The zero-order valence-electron chi connectivity index (χ0n) is 11.7. The topological polar surface area (TPSA) is 72.5 Å². The molecule has 1 aromatic carbocycles. The summed E-state index contributed by atoms with van der Waals surface area (Å²) >= 11 is 1.52. The highest BCUT2D eigenvalue weighted by Gasteiger charge is 2.17. The van der Waals surface area contributed by atoms with Crippen LogP contribution in [-0.2, 0) is 0 Å². The number of imidazole rings is 1. The van der Waals surface area contributed by atoms with E-state index in [1.807, 2.05) is 35.9 Å². The van der Waals surface area contributed by atoms with Gasteiger partial charge in [0.15, 0.2) is 5.16 Å². The van der Waals surface area contributed by atoms with E-state index in [4.69, 9.17) is 5.73 Å². The highest BCUT2D eigenvalue weighted by atomic mass is 32.2. The molecule has 104 valence electrons. The smallest absolute Gasteiger partial charge is 0.172 e. The van der Waals surface area contributed by atoms with Crippen molar-refractivity contribution in [2.75, 3.05) is 5.73 Å². The van der Waals surface area contributed by atoms with Crippen molar-refractivity contribution in [3.05, 3.63) is 30.0 Å². The Hall–Kier alpha value is -1.95. The molecular weight excluding hydrogens is 270 g/mol. The fourth-order valence-corrected chi connectivity index (χ4v) is 3.15. The Morgan fingerprint density at radius 2 is 2.05 bits per heavy atom. The number of fused-ring (bicyclic) bond motifs is 1. The molecule has 0 atom stereocenters. The van der Waals surface area contributed by atoms with Crippen molar-refractivity contribution < 1.29 is 0 Å². The van der Waals surface area contributed by atoms with Gasteiger partial charge in [0.25, 0.3) is 0 Å². The van der Waals surface area contributed by atoms with Crippen molar-refractivity contribution >= 4 is 28.5 Å². The zero-order valence-corrected chi connectivity index (χ0v) is 12.5. The number of benzene rings is 1. The lowest BCUT2D eigenvalue weighted by Gasteiger charge is -2.09. The van der Waals surface area contributed by atoms with Crippen molar-refractivity contribution in [3.8, 4) is 0 Å². The molecule has 2 heterocycles. The quantitative estimate of drug-likeness (QED) is 0.774.